The summed E-state index contributed by atoms with van der Waals surface area (Å²) in [5.41, 5.74) is 1.09. The Morgan fingerprint density at radius 2 is 1.70 bits per heavy atom. The monoisotopic (exact) mass is 460 g/mol. The Hall–Kier alpha value is -1.08. The molecule has 5 nitrogen and oxygen atoms in total. The van der Waals surface area contributed by atoms with E-state index < -0.39 is 0 Å². The van der Waals surface area contributed by atoms with E-state index >= 15 is 0 Å². The zero-order valence-electron chi connectivity index (χ0n) is 17.8. The molecule has 1 aromatic carbocycles. The Kier molecular flexibility index (Phi) is 9.67. The molecule has 0 bridgehead atoms. The molecule has 2 saturated heterocycles. The minimum absolute atomic E-state index is 0. The van der Waals surface area contributed by atoms with Crippen LogP contribution in [0.3, 0.4) is 0 Å². The molecule has 1 amide bonds. The summed E-state index contributed by atoms with van der Waals surface area (Å²) in [6, 6.07) is 5.53. The van der Waals surface area contributed by atoms with Crippen molar-refractivity contribution >= 4 is 36.4 Å². The average molecular weight is 461 g/mol. The highest BCUT2D eigenvalue weighted by atomic mass is 35.5. The molecule has 2 heterocycles. The molecule has 0 radical (unpaired) electrons. The second-order valence-corrected chi connectivity index (χ2v) is 8.51. The van der Waals surface area contributed by atoms with Crippen LogP contribution in [0, 0.1) is 11.7 Å². The van der Waals surface area contributed by atoms with Crippen LogP contribution in [0.15, 0.2) is 18.2 Å². The minimum atomic E-state index is -0.281. The van der Waals surface area contributed by atoms with E-state index in [1.165, 1.54) is 18.9 Å². The van der Waals surface area contributed by atoms with Crippen LogP contribution in [0.25, 0.3) is 0 Å². The molecule has 0 atom stereocenters. The summed E-state index contributed by atoms with van der Waals surface area (Å²) in [6.45, 7) is 9.41. The van der Waals surface area contributed by atoms with Gasteiger partial charge in [0.2, 0.25) is 0 Å². The number of hydrogen-bond donors (Lipinski definition) is 1. The molecule has 1 N–H and O–H groups in total. The second-order valence-electron chi connectivity index (χ2n) is 8.51. The van der Waals surface area contributed by atoms with E-state index in [0.717, 1.165) is 71.1 Å². The number of hydrogen-bond acceptors (Lipinski definition) is 4. The molecule has 3 fully saturated rings. The number of amides is 1. The Morgan fingerprint density at radius 3 is 2.27 bits per heavy atom. The molecule has 30 heavy (non-hydrogen) atoms. The SMILES string of the molecule is CCN1CCN(c2ccc(C(=O)N3CCC(NCC4CC4)CC3)cc2F)CC1.Cl.Cl. The molecular weight excluding hydrogens is 426 g/mol. The van der Waals surface area contributed by atoms with Crippen LogP contribution in [0.4, 0.5) is 10.1 Å². The highest BCUT2D eigenvalue weighted by molar-refractivity contribution is 5.94. The number of likely N-dealkylation sites (tertiary alicyclic amines) is 1. The van der Waals surface area contributed by atoms with Crippen molar-refractivity contribution in [2.24, 2.45) is 5.92 Å². The number of anilines is 1. The lowest BCUT2D eigenvalue weighted by Gasteiger charge is -2.36. The van der Waals surface area contributed by atoms with E-state index in [1.54, 1.807) is 12.1 Å². The Labute approximate surface area is 192 Å². The molecule has 0 aromatic heterocycles. The van der Waals surface area contributed by atoms with Gasteiger partial charge in [-0.1, -0.05) is 6.92 Å². The van der Waals surface area contributed by atoms with Crippen molar-refractivity contribution in [1.82, 2.24) is 15.1 Å². The Balaban J connectivity index is 0.00000160. The summed E-state index contributed by atoms with van der Waals surface area (Å²) in [7, 11) is 0. The van der Waals surface area contributed by atoms with Gasteiger partial charge in [0.25, 0.3) is 5.91 Å². The van der Waals surface area contributed by atoms with Crippen molar-refractivity contribution in [3.05, 3.63) is 29.6 Å². The van der Waals surface area contributed by atoms with Gasteiger partial charge in [-0.25, -0.2) is 4.39 Å². The van der Waals surface area contributed by atoms with Gasteiger partial charge >= 0.3 is 0 Å². The minimum Gasteiger partial charge on any atom is -0.367 e. The molecule has 1 aliphatic carbocycles. The third kappa shape index (κ3) is 6.22. The van der Waals surface area contributed by atoms with Crippen LogP contribution in [0.1, 0.15) is 43.0 Å². The molecule has 1 saturated carbocycles. The van der Waals surface area contributed by atoms with Crippen molar-refractivity contribution in [2.45, 2.75) is 38.6 Å². The topological polar surface area (TPSA) is 38.8 Å². The van der Waals surface area contributed by atoms with Crippen molar-refractivity contribution in [1.29, 1.82) is 0 Å². The van der Waals surface area contributed by atoms with Gasteiger partial charge < -0.3 is 20.0 Å². The number of likely N-dealkylation sites (N-methyl/N-ethyl adjacent to an activating group) is 1. The number of piperidine rings is 1. The number of rotatable bonds is 6. The summed E-state index contributed by atoms with van der Waals surface area (Å²) in [6.07, 6.45) is 4.70. The zero-order valence-corrected chi connectivity index (χ0v) is 19.4. The summed E-state index contributed by atoms with van der Waals surface area (Å²) < 4.78 is 14.7. The van der Waals surface area contributed by atoms with Gasteiger partial charge in [0.1, 0.15) is 5.82 Å². The van der Waals surface area contributed by atoms with Gasteiger partial charge in [-0.3, -0.25) is 4.79 Å². The lowest BCUT2D eigenvalue weighted by molar-refractivity contribution is 0.0704. The number of carbonyl (C=O) groups excluding carboxylic acids is 1. The normalized spacial score (nSPS) is 20.5. The van der Waals surface area contributed by atoms with Gasteiger partial charge in [0.05, 0.1) is 5.69 Å². The first-order valence-corrected chi connectivity index (χ1v) is 10.9. The van der Waals surface area contributed by atoms with Crippen molar-refractivity contribution in [2.75, 3.05) is 57.3 Å². The standard InChI is InChI=1S/C22H33FN4O.2ClH/c1-2-25-11-13-26(14-12-25)21-6-5-18(15-20(21)23)22(28)27-9-7-19(8-10-27)24-16-17-3-4-17;;/h5-6,15,17,19,24H,2-4,7-14,16H2,1H3;2*1H. The van der Waals surface area contributed by atoms with E-state index in [9.17, 15) is 9.18 Å². The summed E-state index contributed by atoms with van der Waals surface area (Å²) >= 11 is 0. The third-order valence-electron chi connectivity index (χ3n) is 6.53. The maximum atomic E-state index is 14.7. The van der Waals surface area contributed by atoms with Gasteiger partial charge in [-0.15, -0.1) is 24.8 Å². The number of benzene rings is 1. The predicted octanol–water partition coefficient (Wildman–Crippen LogP) is 3.42. The Bertz CT molecular complexity index is 688. The number of halogens is 3. The van der Waals surface area contributed by atoms with E-state index in [4.69, 9.17) is 0 Å². The van der Waals surface area contributed by atoms with E-state index in [1.807, 2.05) is 4.90 Å². The van der Waals surface area contributed by atoms with Crippen LogP contribution < -0.4 is 10.2 Å². The number of piperazine rings is 1. The van der Waals surface area contributed by atoms with Crippen LogP contribution >= 0.6 is 24.8 Å². The maximum absolute atomic E-state index is 14.7. The van der Waals surface area contributed by atoms with Crippen LogP contribution in [-0.2, 0) is 0 Å². The highest BCUT2D eigenvalue weighted by Gasteiger charge is 2.27. The van der Waals surface area contributed by atoms with Gasteiger partial charge in [0.15, 0.2) is 0 Å². The van der Waals surface area contributed by atoms with E-state index in [2.05, 4.69) is 22.0 Å². The smallest absolute Gasteiger partial charge is 0.253 e. The highest BCUT2D eigenvalue weighted by Crippen LogP contribution is 2.28. The summed E-state index contributed by atoms with van der Waals surface area (Å²) in [4.78, 5) is 19.2. The quantitative estimate of drug-likeness (QED) is 0.705. The summed E-state index contributed by atoms with van der Waals surface area (Å²) in [5.74, 6) is 0.560. The number of carbonyl (C=O) groups is 1. The van der Waals surface area contributed by atoms with Gasteiger partial charge in [-0.05, 0) is 62.9 Å². The first-order chi connectivity index (χ1) is 13.6. The largest absolute Gasteiger partial charge is 0.367 e. The number of nitrogens with zero attached hydrogens (tertiary/aromatic N) is 3. The van der Waals surface area contributed by atoms with Crippen LogP contribution in [0.2, 0.25) is 0 Å². The van der Waals surface area contributed by atoms with Crippen molar-refractivity contribution < 1.29 is 9.18 Å². The summed E-state index contributed by atoms with van der Waals surface area (Å²) in [5, 5.41) is 3.64. The van der Waals surface area contributed by atoms with Crippen LogP contribution in [0.5, 0.6) is 0 Å². The molecule has 0 unspecified atom stereocenters. The lowest BCUT2D eigenvalue weighted by Crippen LogP contribution is -2.46. The maximum Gasteiger partial charge on any atom is 0.253 e. The Morgan fingerprint density at radius 1 is 1.03 bits per heavy atom. The van der Waals surface area contributed by atoms with Crippen molar-refractivity contribution in [3.63, 3.8) is 0 Å². The second kappa shape index (κ2) is 11.5. The fourth-order valence-corrected chi connectivity index (χ4v) is 4.33. The van der Waals surface area contributed by atoms with E-state index in [0.29, 0.717) is 17.3 Å². The van der Waals surface area contributed by atoms with Crippen molar-refractivity contribution in [3.8, 4) is 0 Å². The molecule has 3 aliphatic rings. The first-order valence-electron chi connectivity index (χ1n) is 10.9. The average Bonchev–Trinajstić information content (AvgIpc) is 3.57. The number of nitrogens with one attached hydrogen (secondary N) is 1. The third-order valence-corrected chi connectivity index (χ3v) is 6.53. The zero-order chi connectivity index (χ0) is 19.5. The molecule has 170 valence electrons. The van der Waals surface area contributed by atoms with Gasteiger partial charge in [0, 0.05) is 50.9 Å². The van der Waals surface area contributed by atoms with Crippen LogP contribution in [-0.4, -0.2) is 74.1 Å². The van der Waals surface area contributed by atoms with E-state index in [-0.39, 0.29) is 36.5 Å². The molecule has 8 heteroatoms. The van der Waals surface area contributed by atoms with Gasteiger partial charge in [-0.2, -0.15) is 0 Å². The molecule has 0 spiro atoms. The predicted molar refractivity (Wildman–Crippen MR) is 125 cm³/mol. The molecule has 1 aromatic rings. The lowest BCUT2D eigenvalue weighted by atomic mass is 10.0. The molecule has 4 rings (SSSR count). The fraction of sp³-hybridized carbons (Fsp3) is 0.682. The fourth-order valence-electron chi connectivity index (χ4n) is 4.33. The first kappa shape index (κ1) is 25.2. The molecular formula is C22H35Cl2FN4O. The molecule has 2 aliphatic heterocycles.